The van der Waals surface area contributed by atoms with Crippen LogP contribution >= 0.6 is 0 Å². The number of anilines is 1. The number of rotatable bonds is 2. The number of hydrogen-bond acceptors (Lipinski definition) is 3. The summed E-state index contributed by atoms with van der Waals surface area (Å²) in [6.07, 6.45) is 0.965. The fourth-order valence-electron chi connectivity index (χ4n) is 2.34. The molecule has 80 valence electrons. The molecule has 1 saturated heterocycles. The molecule has 1 aromatic rings. The van der Waals surface area contributed by atoms with Gasteiger partial charge < -0.3 is 14.8 Å². The average Bonchev–Trinajstić information content (AvgIpc) is 2.89. The van der Waals surface area contributed by atoms with Crippen molar-refractivity contribution in [3.8, 4) is 0 Å². The zero-order chi connectivity index (χ0) is 10.1. The first-order valence-corrected chi connectivity index (χ1v) is 5.49. The molecule has 3 heteroatoms. The van der Waals surface area contributed by atoms with Crippen LogP contribution in [0.2, 0.25) is 0 Å². The van der Waals surface area contributed by atoms with Crippen molar-refractivity contribution >= 4 is 5.69 Å². The van der Waals surface area contributed by atoms with Crippen LogP contribution in [0.5, 0.6) is 0 Å². The Hall–Kier alpha value is -1.06. The minimum Gasteiger partial charge on any atom is -0.384 e. The maximum Gasteiger partial charge on any atom is 0.158 e. The summed E-state index contributed by atoms with van der Waals surface area (Å²) in [5.41, 5.74) is 2.66. The van der Waals surface area contributed by atoms with Crippen LogP contribution in [-0.2, 0) is 9.47 Å². The van der Waals surface area contributed by atoms with Crippen molar-refractivity contribution in [3.63, 3.8) is 0 Å². The first-order chi connectivity index (χ1) is 7.43. The van der Waals surface area contributed by atoms with Crippen LogP contribution < -0.4 is 5.32 Å². The first kappa shape index (κ1) is 9.19. The second-order valence-electron chi connectivity index (χ2n) is 4.07. The van der Waals surface area contributed by atoms with Gasteiger partial charge in [0.05, 0.1) is 13.2 Å². The fraction of sp³-hybridized carbons (Fsp3) is 0.500. The van der Waals surface area contributed by atoms with Crippen molar-refractivity contribution in [1.29, 1.82) is 0 Å². The third-order valence-corrected chi connectivity index (χ3v) is 3.11. The van der Waals surface area contributed by atoms with Crippen LogP contribution in [0.3, 0.4) is 0 Å². The van der Waals surface area contributed by atoms with Gasteiger partial charge in [-0.1, -0.05) is 18.2 Å². The van der Waals surface area contributed by atoms with Gasteiger partial charge >= 0.3 is 0 Å². The molecule has 0 saturated carbocycles. The fourth-order valence-corrected chi connectivity index (χ4v) is 2.34. The SMILES string of the molecule is c1ccc2c(c1)NCC2CC1OCCO1. The number of fused-ring (bicyclic) bond motifs is 1. The normalized spacial score (nSPS) is 25.2. The number of para-hydroxylation sites is 1. The Morgan fingerprint density at radius 3 is 2.87 bits per heavy atom. The van der Waals surface area contributed by atoms with Crippen molar-refractivity contribution in [2.75, 3.05) is 25.1 Å². The van der Waals surface area contributed by atoms with E-state index in [1.165, 1.54) is 11.3 Å². The summed E-state index contributed by atoms with van der Waals surface area (Å²) >= 11 is 0. The molecule has 0 aromatic heterocycles. The van der Waals surface area contributed by atoms with Gasteiger partial charge in [0.25, 0.3) is 0 Å². The van der Waals surface area contributed by atoms with E-state index in [4.69, 9.17) is 9.47 Å². The average molecular weight is 205 g/mol. The van der Waals surface area contributed by atoms with E-state index < -0.39 is 0 Å². The Balaban J connectivity index is 1.73. The lowest BCUT2D eigenvalue weighted by Crippen LogP contribution is -2.14. The lowest BCUT2D eigenvalue weighted by molar-refractivity contribution is -0.0500. The van der Waals surface area contributed by atoms with Gasteiger partial charge in [0, 0.05) is 24.6 Å². The van der Waals surface area contributed by atoms with Crippen LogP contribution in [0.25, 0.3) is 0 Å². The van der Waals surface area contributed by atoms with Gasteiger partial charge in [-0.3, -0.25) is 0 Å². The van der Waals surface area contributed by atoms with Crippen molar-refractivity contribution in [2.24, 2.45) is 0 Å². The molecule has 0 bridgehead atoms. The van der Waals surface area contributed by atoms with E-state index in [9.17, 15) is 0 Å². The van der Waals surface area contributed by atoms with Crippen molar-refractivity contribution in [2.45, 2.75) is 18.6 Å². The van der Waals surface area contributed by atoms with E-state index in [0.29, 0.717) is 5.92 Å². The highest BCUT2D eigenvalue weighted by atomic mass is 16.7. The van der Waals surface area contributed by atoms with Crippen LogP contribution in [0.4, 0.5) is 5.69 Å². The van der Waals surface area contributed by atoms with Gasteiger partial charge in [0.15, 0.2) is 6.29 Å². The molecular weight excluding hydrogens is 190 g/mol. The Morgan fingerprint density at radius 2 is 2.00 bits per heavy atom. The van der Waals surface area contributed by atoms with Gasteiger partial charge in [-0.2, -0.15) is 0 Å². The largest absolute Gasteiger partial charge is 0.384 e. The molecule has 1 unspecified atom stereocenters. The summed E-state index contributed by atoms with van der Waals surface area (Å²) in [5, 5.41) is 3.41. The van der Waals surface area contributed by atoms with Crippen LogP contribution in [-0.4, -0.2) is 26.0 Å². The van der Waals surface area contributed by atoms with E-state index in [1.807, 2.05) is 0 Å². The minimum atomic E-state index is 0.00274. The predicted octanol–water partition coefficient (Wildman–Crippen LogP) is 1.96. The van der Waals surface area contributed by atoms with Crippen molar-refractivity contribution < 1.29 is 9.47 Å². The van der Waals surface area contributed by atoms with Gasteiger partial charge in [-0.05, 0) is 11.6 Å². The van der Waals surface area contributed by atoms with E-state index >= 15 is 0 Å². The van der Waals surface area contributed by atoms with Crippen molar-refractivity contribution in [3.05, 3.63) is 29.8 Å². The van der Waals surface area contributed by atoms with E-state index in [2.05, 4.69) is 29.6 Å². The smallest absolute Gasteiger partial charge is 0.158 e. The first-order valence-electron chi connectivity index (χ1n) is 5.49. The monoisotopic (exact) mass is 205 g/mol. The molecule has 0 radical (unpaired) electrons. The maximum absolute atomic E-state index is 5.48. The summed E-state index contributed by atoms with van der Waals surface area (Å²) < 4.78 is 11.0. The molecule has 2 aliphatic heterocycles. The Morgan fingerprint density at radius 1 is 1.20 bits per heavy atom. The molecule has 15 heavy (non-hydrogen) atoms. The maximum atomic E-state index is 5.48. The molecule has 1 atom stereocenters. The molecule has 1 fully saturated rings. The molecule has 3 rings (SSSR count). The van der Waals surface area contributed by atoms with E-state index in [0.717, 1.165) is 26.2 Å². The van der Waals surface area contributed by atoms with Crippen LogP contribution in [0, 0.1) is 0 Å². The Kier molecular flexibility index (Phi) is 2.35. The number of ether oxygens (including phenoxy) is 2. The van der Waals surface area contributed by atoms with Gasteiger partial charge in [-0.15, -0.1) is 0 Å². The molecule has 0 amide bonds. The molecule has 1 aromatic carbocycles. The van der Waals surface area contributed by atoms with Crippen LogP contribution in [0.1, 0.15) is 17.9 Å². The predicted molar refractivity (Wildman–Crippen MR) is 58.0 cm³/mol. The van der Waals surface area contributed by atoms with Gasteiger partial charge in [0.1, 0.15) is 0 Å². The highest BCUT2D eigenvalue weighted by molar-refractivity contribution is 5.57. The summed E-state index contributed by atoms with van der Waals surface area (Å²) in [6, 6.07) is 8.48. The van der Waals surface area contributed by atoms with E-state index in [-0.39, 0.29) is 6.29 Å². The van der Waals surface area contributed by atoms with Crippen LogP contribution in [0.15, 0.2) is 24.3 Å². The molecule has 0 spiro atoms. The van der Waals surface area contributed by atoms with E-state index in [1.54, 1.807) is 0 Å². The second kappa shape index (κ2) is 3.83. The highest BCUT2D eigenvalue weighted by Gasteiger charge is 2.27. The minimum absolute atomic E-state index is 0.00274. The summed E-state index contributed by atoms with van der Waals surface area (Å²) in [7, 11) is 0. The molecule has 1 N–H and O–H groups in total. The van der Waals surface area contributed by atoms with Gasteiger partial charge in [0.2, 0.25) is 0 Å². The number of nitrogens with one attached hydrogen (secondary N) is 1. The molecular formula is C12H15NO2. The van der Waals surface area contributed by atoms with Crippen molar-refractivity contribution in [1.82, 2.24) is 0 Å². The Bertz CT molecular complexity index is 347. The third kappa shape index (κ3) is 1.73. The summed E-state index contributed by atoms with van der Waals surface area (Å²) in [5.74, 6) is 0.532. The Labute approximate surface area is 89.4 Å². The summed E-state index contributed by atoms with van der Waals surface area (Å²) in [4.78, 5) is 0. The third-order valence-electron chi connectivity index (χ3n) is 3.11. The molecule has 2 heterocycles. The molecule has 3 nitrogen and oxygen atoms in total. The highest BCUT2D eigenvalue weighted by Crippen LogP contribution is 2.35. The topological polar surface area (TPSA) is 30.5 Å². The lowest BCUT2D eigenvalue weighted by atomic mass is 9.98. The summed E-state index contributed by atoms with van der Waals surface area (Å²) in [6.45, 7) is 2.49. The standard InChI is InChI=1S/C12H15NO2/c1-2-4-11-10(3-1)9(8-13-11)7-12-14-5-6-15-12/h1-4,9,12-13H,5-8H2. The molecule has 2 aliphatic rings. The lowest BCUT2D eigenvalue weighted by Gasteiger charge is -2.14. The molecule has 0 aliphatic carbocycles. The number of benzene rings is 1. The number of hydrogen-bond donors (Lipinski definition) is 1. The van der Waals surface area contributed by atoms with Gasteiger partial charge in [-0.25, -0.2) is 0 Å². The quantitative estimate of drug-likeness (QED) is 0.800. The zero-order valence-electron chi connectivity index (χ0n) is 8.61. The second-order valence-corrected chi connectivity index (χ2v) is 4.07. The zero-order valence-corrected chi connectivity index (χ0v) is 8.61.